The van der Waals surface area contributed by atoms with E-state index in [1.807, 2.05) is 12.1 Å². The maximum absolute atomic E-state index is 12.3. The van der Waals surface area contributed by atoms with Crippen LogP contribution in [-0.4, -0.2) is 39.7 Å². The summed E-state index contributed by atoms with van der Waals surface area (Å²) in [5.74, 6) is 0.121. The van der Waals surface area contributed by atoms with Crippen molar-refractivity contribution in [2.75, 3.05) is 29.1 Å². The first-order valence-electron chi connectivity index (χ1n) is 9.24. The number of hydrogen-bond acceptors (Lipinski definition) is 7. The van der Waals surface area contributed by atoms with Gasteiger partial charge in [-0.25, -0.2) is 9.97 Å². The van der Waals surface area contributed by atoms with E-state index in [1.165, 1.54) is 43.8 Å². The molecular formula is C19H20ClN5OS2. The zero-order chi connectivity index (χ0) is 19.3. The van der Waals surface area contributed by atoms with Crippen LogP contribution in [0.25, 0.3) is 10.3 Å². The molecule has 0 saturated carbocycles. The molecular weight excluding hydrogens is 414 g/mol. The molecule has 3 heterocycles. The molecule has 146 valence electrons. The van der Waals surface area contributed by atoms with Gasteiger partial charge in [-0.2, -0.15) is 4.98 Å². The summed E-state index contributed by atoms with van der Waals surface area (Å²) < 4.78 is 0.942. The van der Waals surface area contributed by atoms with E-state index in [2.05, 4.69) is 20.2 Å². The van der Waals surface area contributed by atoms with Crippen LogP contribution >= 0.6 is 34.7 Å². The summed E-state index contributed by atoms with van der Waals surface area (Å²) in [6, 6.07) is 7.20. The van der Waals surface area contributed by atoms with Gasteiger partial charge >= 0.3 is 0 Å². The van der Waals surface area contributed by atoms with Crippen molar-refractivity contribution in [2.24, 2.45) is 0 Å². The topological polar surface area (TPSA) is 71.0 Å². The lowest BCUT2D eigenvalue weighted by Crippen LogP contribution is -2.23. The minimum Gasteiger partial charge on any atom is -0.348 e. The van der Waals surface area contributed by atoms with Crippen LogP contribution in [-0.2, 0) is 4.79 Å². The molecule has 1 amide bonds. The smallest absolute Gasteiger partial charge is 0.234 e. The molecule has 1 aromatic carbocycles. The molecule has 0 bridgehead atoms. The second-order valence-corrected chi connectivity index (χ2v) is 8.89. The standard InChI is InChI=1S/C19H20ClN5OS2/c20-13-7-3-4-8-14(13)23-15(26)11-27-18-16-17(21-12-22-18)24-19(28-16)25-9-5-1-2-6-10-25/h3-4,7-8,12H,1-2,5-6,9-11H2,(H,23,26). The quantitative estimate of drug-likeness (QED) is 0.458. The van der Waals surface area contributed by atoms with Gasteiger partial charge in [-0.15, -0.1) is 0 Å². The number of carbonyl (C=O) groups is 1. The van der Waals surface area contributed by atoms with E-state index in [9.17, 15) is 4.79 Å². The number of halogens is 1. The molecule has 0 unspecified atom stereocenters. The normalized spacial score (nSPS) is 14.8. The maximum Gasteiger partial charge on any atom is 0.234 e. The molecule has 28 heavy (non-hydrogen) atoms. The second kappa shape index (κ2) is 9.07. The monoisotopic (exact) mass is 433 g/mol. The molecule has 1 N–H and O–H groups in total. The van der Waals surface area contributed by atoms with Crippen LogP contribution in [0.2, 0.25) is 5.02 Å². The number of benzene rings is 1. The van der Waals surface area contributed by atoms with E-state index in [0.717, 1.165) is 27.9 Å². The van der Waals surface area contributed by atoms with Crippen molar-refractivity contribution in [3.8, 4) is 0 Å². The molecule has 1 aliphatic heterocycles. The molecule has 0 atom stereocenters. The van der Waals surface area contributed by atoms with Gasteiger partial charge in [0, 0.05) is 13.1 Å². The zero-order valence-electron chi connectivity index (χ0n) is 15.2. The fraction of sp³-hybridized carbons (Fsp3) is 0.368. The number of aromatic nitrogens is 3. The molecule has 0 radical (unpaired) electrons. The van der Waals surface area contributed by atoms with Gasteiger partial charge < -0.3 is 10.2 Å². The molecule has 0 aliphatic carbocycles. The van der Waals surface area contributed by atoms with Crippen molar-refractivity contribution < 1.29 is 4.79 Å². The van der Waals surface area contributed by atoms with Crippen LogP contribution in [0.5, 0.6) is 0 Å². The molecule has 1 fully saturated rings. The van der Waals surface area contributed by atoms with Gasteiger partial charge in [0.1, 0.15) is 16.1 Å². The van der Waals surface area contributed by atoms with Crippen LogP contribution in [0.3, 0.4) is 0 Å². The highest BCUT2D eigenvalue weighted by Gasteiger charge is 2.18. The number of para-hydroxylation sites is 1. The Labute approximate surface area is 176 Å². The predicted octanol–water partition coefficient (Wildman–Crippen LogP) is 4.85. The third-order valence-electron chi connectivity index (χ3n) is 4.51. The average Bonchev–Trinajstić information content (AvgIpc) is 2.95. The SMILES string of the molecule is O=C(CSc1ncnc2nc(N3CCCCCC3)sc12)Nc1ccccc1Cl. The number of nitrogens with zero attached hydrogens (tertiary/aromatic N) is 4. The van der Waals surface area contributed by atoms with E-state index in [-0.39, 0.29) is 11.7 Å². The first kappa shape index (κ1) is 19.4. The van der Waals surface area contributed by atoms with Gasteiger partial charge in [-0.05, 0) is 25.0 Å². The first-order valence-corrected chi connectivity index (χ1v) is 11.4. The molecule has 1 aliphatic rings. The number of nitrogens with one attached hydrogen (secondary N) is 1. The van der Waals surface area contributed by atoms with Gasteiger partial charge in [-0.3, -0.25) is 4.79 Å². The number of thiazole rings is 1. The molecule has 1 saturated heterocycles. The summed E-state index contributed by atoms with van der Waals surface area (Å²) >= 11 is 9.11. The first-order chi connectivity index (χ1) is 13.7. The van der Waals surface area contributed by atoms with Crippen LogP contribution < -0.4 is 10.2 Å². The Morgan fingerprint density at radius 1 is 1.18 bits per heavy atom. The molecule has 9 heteroatoms. The van der Waals surface area contributed by atoms with E-state index >= 15 is 0 Å². The van der Waals surface area contributed by atoms with Crippen molar-refractivity contribution in [2.45, 2.75) is 30.7 Å². The van der Waals surface area contributed by atoms with Crippen molar-refractivity contribution in [3.63, 3.8) is 0 Å². The Bertz CT molecular complexity index is 972. The lowest BCUT2D eigenvalue weighted by atomic mass is 10.2. The fourth-order valence-corrected chi connectivity index (χ4v) is 5.23. The van der Waals surface area contributed by atoms with E-state index in [4.69, 9.17) is 16.6 Å². The summed E-state index contributed by atoms with van der Waals surface area (Å²) in [7, 11) is 0. The van der Waals surface area contributed by atoms with Gasteiger partial charge in [0.15, 0.2) is 10.8 Å². The highest BCUT2D eigenvalue weighted by Crippen LogP contribution is 2.34. The third-order valence-corrected chi connectivity index (χ3v) is 7.07. The Kier molecular flexibility index (Phi) is 6.29. The molecule has 6 nitrogen and oxygen atoms in total. The van der Waals surface area contributed by atoms with Crippen LogP contribution in [0, 0.1) is 0 Å². The van der Waals surface area contributed by atoms with Gasteiger partial charge in [0.25, 0.3) is 0 Å². The van der Waals surface area contributed by atoms with Gasteiger partial charge in [0.05, 0.1) is 16.5 Å². The average molecular weight is 434 g/mol. The molecule has 3 aromatic rings. The van der Waals surface area contributed by atoms with E-state index in [1.54, 1.807) is 23.5 Å². The molecule has 0 spiro atoms. The van der Waals surface area contributed by atoms with Crippen molar-refractivity contribution in [1.29, 1.82) is 0 Å². The summed E-state index contributed by atoms with van der Waals surface area (Å²) in [5, 5.41) is 5.15. The summed E-state index contributed by atoms with van der Waals surface area (Å²) in [6.45, 7) is 2.08. The number of hydrogen-bond donors (Lipinski definition) is 1. The van der Waals surface area contributed by atoms with E-state index in [0.29, 0.717) is 16.4 Å². The predicted molar refractivity (Wildman–Crippen MR) is 117 cm³/mol. The second-order valence-electron chi connectivity index (χ2n) is 6.55. The lowest BCUT2D eigenvalue weighted by molar-refractivity contribution is -0.113. The number of fused-ring (bicyclic) bond motifs is 1. The molecule has 2 aromatic heterocycles. The highest BCUT2D eigenvalue weighted by atomic mass is 35.5. The highest BCUT2D eigenvalue weighted by molar-refractivity contribution is 8.00. The Hall–Kier alpha value is -1.90. The van der Waals surface area contributed by atoms with Gasteiger partial charge in [-0.1, -0.05) is 59.7 Å². The number of rotatable bonds is 5. The van der Waals surface area contributed by atoms with Crippen molar-refractivity contribution in [1.82, 2.24) is 15.0 Å². The maximum atomic E-state index is 12.3. The lowest BCUT2D eigenvalue weighted by Gasteiger charge is -2.18. The minimum atomic E-state index is -0.123. The Balaban J connectivity index is 1.46. The number of carbonyl (C=O) groups excluding carboxylic acids is 1. The van der Waals surface area contributed by atoms with E-state index < -0.39 is 0 Å². The number of thioether (sulfide) groups is 1. The minimum absolute atomic E-state index is 0.123. The van der Waals surface area contributed by atoms with Crippen LogP contribution in [0.15, 0.2) is 35.6 Å². The van der Waals surface area contributed by atoms with Crippen LogP contribution in [0.4, 0.5) is 10.8 Å². The summed E-state index contributed by atoms with van der Waals surface area (Å²) in [5.41, 5.74) is 1.32. The largest absolute Gasteiger partial charge is 0.348 e. The summed E-state index contributed by atoms with van der Waals surface area (Å²) in [4.78, 5) is 28.1. The fourth-order valence-electron chi connectivity index (χ4n) is 3.11. The Morgan fingerprint density at radius 3 is 2.75 bits per heavy atom. The number of anilines is 2. The van der Waals surface area contributed by atoms with Crippen LogP contribution in [0.1, 0.15) is 25.7 Å². The summed E-state index contributed by atoms with van der Waals surface area (Å²) in [6.07, 6.45) is 6.48. The van der Waals surface area contributed by atoms with Crippen molar-refractivity contribution >= 4 is 61.8 Å². The number of amides is 1. The Morgan fingerprint density at radius 2 is 1.96 bits per heavy atom. The third kappa shape index (κ3) is 4.56. The molecule has 4 rings (SSSR count). The van der Waals surface area contributed by atoms with Gasteiger partial charge in [0.2, 0.25) is 5.91 Å². The van der Waals surface area contributed by atoms with Crippen molar-refractivity contribution in [3.05, 3.63) is 35.6 Å². The zero-order valence-corrected chi connectivity index (χ0v) is 17.6.